The number of amides is 1. The van der Waals surface area contributed by atoms with E-state index in [9.17, 15) is 4.79 Å². The van der Waals surface area contributed by atoms with E-state index in [-0.39, 0.29) is 18.2 Å². The second kappa shape index (κ2) is 8.25. The van der Waals surface area contributed by atoms with Crippen molar-refractivity contribution in [1.82, 2.24) is 15.5 Å². The Kier molecular flexibility index (Phi) is 5.37. The summed E-state index contributed by atoms with van der Waals surface area (Å²) in [7, 11) is 0. The van der Waals surface area contributed by atoms with E-state index in [0.29, 0.717) is 18.3 Å². The monoisotopic (exact) mass is 376 g/mol. The van der Waals surface area contributed by atoms with Crippen LogP contribution in [0.2, 0.25) is 0 Å². The normalized spacial score (nSPS) is 14.0. The number of aryl methyl sites for hydroxylation is 1. The van der Waals surface area contributed by atoms with Crippen molar-refractivity contribution >= 4 is 11.6 Å². The van der Waals surface area contributed by atoms with Crippen LogP contribution in [0.1, 0.15) is 35.2 Å². The molecule has 4 rings (SSSR count). The van der Waals surface area contributed by atoms with Gasteiger partial charge in [0.15, 0.2) is 0 Å². The molecule has 0 fully saturated rings. The van der Waals surface area contributed by atoms with Crippen LogP contribution in [0.25, 0.3) is 0 Å². The molecule has 3 aromatic rings. The molecule has 0 bridgehead atoms. The number of hydrogen-bond donors (Lipinski definition) is 1. The van der Waals surface area contributed by atoms with Crippen LogP contribution in [0.5, 0.6) is 0 Å². The van der Waals surface area contributed by atoms with Crippen molar-refractivity contribution in [3.05, 3.63) is 77.5 Å². The van der Waals surface area contributed by atoms with Crippen LogP contribution < -0.4 is 10.2 Å². The number of aromatic nitrogens is 2. The summed E-state index contributed by atoms with van der Waals surface area (Å²) in [5, 5.41) is 11.1. The van der Waals surface area contributed by atoms with Crippen molar-refractivity contribution in [2.45, 2.75) is 25.7 Å². The first-order valence-corrected chi connectivity index (χ1v) is 9.65. The molecule has 1 aromatic heterocycles. The molecule has 2 aromatic carbocycles. The zero-order valence-corrected chi connectivity index (χ0v) is 16.0. The van der Waals surface area contributed by atoms with Gasteiger partial charge in [-0.25, -0.2) is 0 Å². The fourth-order valence-corrected chi connectivity index (χ4v) is 3.71. The molecule has 6 nitrogen and oxygen atoms in total. The van der Waals surface area contributed by atoms with Gasteiger partial charge in [0.25, 0.3) is 0 Å². The van der Waals surface area contributed by atoms with Gasteiger partial charge < -0.3 is 14.6 Å². The van der Waals surface area contributed by atoms with Gasteiger partial charge in [-0.3, -0.25) is 4.79 Å². The molecule has 0 aliphatic carbocycles. The zero-order chi connectivity index (χ0) is 19.3. The molecule has 144 valence electrons. The molecule has 1 amide bonds. The number of rotatable bonds is 7. The Labute approximate surface area is 164 Å². The summed E-state index contributed by atoms with van der Waals surface area (Å²) in [4.78, 5) is 14.9. The molecule has 0 radical (unpaired) electrons. The largest absolute Gasteiger partial charge is 0.425 e. The molecule has 2 heterocycles. The Balaban J connectivity index is 1.36. The van der Waals surface area contributed by atoms with Crippen molar-refractivity contribution in [3.63, 3.8) is 0 Å². The minimum Gasteiger partial charge on any atom is -0.425 e. The first-order chi connectivity index (χ1) is 13.7. The number of fused-ring (bicyclic) bond motifs is 1. The van der Waals surface area contributed by atoms with Crippen molar-refractivity contribution in [3.8, 4) is 0 Å². The summed E-state index contributed by atoms with van der Waals surface area (Å²) < 4.78 is 5.62. The second-order valence-electron chi connectivity index (χ2n) is 7.04. The van der Waals surface area contributed by atoms with E-state index >= 15 is 0 Å². The zero-order valence-electron chi connectivity index (χ0n) is 16.0. The second-order valence-corrected chi connectivity index (χ2v) is 7.04. The van der Waals surface area contributed by atoms with E-state index < -0.39 is 0 Å². The highest BCUT2D eigenvalue weighted by Crippen LogP contribution is 2.28. The maximum absolute atomic E-state index is 12.6. The summed E-state index contributed by atoms with van der Waals surface area (Å²) >= 11 is 0. The standard InChI is InChI=1S/C22H24N4O2/c1-16-24-25-22(28-16)19(17-7-3-2-4-8-17)15-21(27)23-12-14-26-13-11-18-9-5-6-10-20(18)26/h2-10,19H,11-15H2,1H3,(H,23,27). The molecule has 1 N–H and O–H groups in total. The van der Waals surface area contributed by atoms with Gasteiger partial charge in [-0.15, -0.1) is 10.2 Å². The van der Waals surface area contributed by atoms with Crippen LogP contribution in [0.4, 0.5) is 5.69 Å². The van der Waals surface area contributed by atoms with Gasteiger partial charge >= 0.3 is 0 Å². The Bertz CT molecular complexity index is 938. The molecule has 1 unspecified atom stereocenters. The van der Waals surface area contributed by atoms with Gasteiger partial charge in [-0.1, -0.05) is 48.5 Å². The molecule has 0 saturated heterocycles. The van der Waals surface area contributed by atoms with Crippen LogP contribution in [0.3, 0.4) is 0 Å². The van der Waals surface area contributed by atoms with E-state index in [4.69, 9.17) is 4.42 Å². The van der Waals surface area contributed by atoms with E-state index in [2.05, 4.69) is 44.7 Å². The van der Waals surface area contributed by atoms with Gasteiger partial charge in [0.1, 0.15) is 0 Å². The lowest BCUT2D eigenvalue weighted by Crippen LogP contribution is -2.34. The first-order valence-electron chi connectivity index (χ1n) is 9.65. The number of benzene rings is 2. The summed E-state index contributed by atoms with van der Waals surface area (Å²) in [6.45, 7) is 4.17. The molecule has 0 spiro atoms. The molecule has 1 aliphatic heterocycles. The summed E-state index contributed by atoms with van der Waals surface area (Å²) in [6.07, 6.45) is 1.35. The smallest absolute Gasteiger partial charge is 0.224 e. The number of anilines is 1. The van der Waals surface area contributed by atoms with Gasteiger partial charge in [-0.05, 0) is 23.6 Å². The van der Waals surface area contributed by atoms with Crippen molar-refractivity contribution < 1.29 is 9.21 Å². The van der Waals surface area contributed by atoms with Crippen LogP contribution in [-0.4, -0.2) is 35.7 Å². The Morgan fingerprint density at radius 2 is 1.93 bits per heavy atom. The Morgan fingerprint density at radius 1 is 1.14 bits per heavy atom. The average molecular weight is 376 g/mol. The highest BCUT2D eigenvalue weighted by atomic mass is 16.4. The fraction of sp³-hybridized carbons (Fsp3) is 0.318. The minimum absolute atomic E-state index is 0.0165. The lowest BCUT2D eigenvalue weighted by atomic mass is 9.95. The number of para-hydroxylation sites is 1. The van der Waals surface area contributed by atoms with Gasteiger partial charge in [0.2, 0.25) is 17.7 Å². The fourth-order valence-electron chi connectivity index (χ4n) is 3.71. The molecule has 0 saturated carbocycles. The number of carbonyl (C=O) groups excluding carboxylic acids is 1. The van der Waals surface area contributed by atoms with E-state index in [1.165, 1.54) is 11.3 Å². The molecular weight excluding hydrogens is 352 g/mol. The number of hydrogen-bond acceptors (Lipinski definition) is 5. The predicted octanol–water partition coefficient (Wildman–Crippen LogP) is 3.08. The topological polar surface area (TPSA) is 71.3 Å². The molecule has 6 heteroatoms. The van der Waals surface area contributed by atoms with Crippen LogP contribution in [0.15, 0.2) is 59.0 Å². The third-order valence-corrected chi connectivity index (χ3v) is 5.12. The number of nitrogens with zero attached hydrogens (tertiary/aromatic N) is 3. The van der Waals surface area contributed by atoms with Crippen LogP contribution in [0, 0.1) is 6.92 Å². The predicted molar refractivity (Wildman–Crippen MR) is 107 cm³/mol. The van der Waals surface area contributed by atoms with Gasteiger partial charge in [0.05, 0.1) is 5.92 Å². The molecule has 28 heavy (non-hydrogen) atoms. The highest BCUT2D eigenvalue weighted by Gasteiger charge is 2.24. The third-order valence-electron chi connectivity index (χ3n) is 5.12. The summed E-state index contributed by atoms with van der Waals surface area (Å²) in [5.74, 6) is 0.725. The van der Waals surface area contributed by atoms with Crippen molar-refractivity contribution in [1.29, 1.82) is 0 Å². The maximum atomic E-state index is 12.6. The lowest BCUT2D eigenvalue weighted by molar-refractivity contribution is -0.121. The Hall–Kier alpha value is -3.15. The van der Waals surface area contributed by atoms with Crippen LogP contribution in [-0.2, 0) is 11.2 Å². The SMILES string of the molecule is Cc1nnc(C(CC(=O)NCCN2CCc3ccccc32)c2ccccc2)o1. The summed E-state index contributed by atoms with van der Waals surface area (Å²) in [5.41, 5.74) is 3.65. The quantitative estimate of drug-likeness (QED) is 0.686. The van der Waals surface area contributed by atoms with E-state index in [1.54, 1.807) is 6.92 Å². The van der Waals surface area contributed by atoms with E-state index in [0.717, 1.165) is 25.1 Å². The van der Waals surface area contributed by atoms with Gasteiger partial charge in [-0.2, -0.15) is 0 Å². The maximum Gasteiger partial charge on any atom is 0.224 e. The average Bonchev–Trinajstić information content (AvgIpc) is 3.33. The Morgan fingerprint density at radius 3 is 2.71 bits per heavy atom. The molecular formula is C22H24N4O2. The highest BCUT2D eigenvalue weighted by molar-refractivity contribution is 5.77. The van der Waals surface area contributed by atoms with Crippen molar-refractivity contribution in [2.24, 2.45) is 0 Å². The number of carbonyl (C=O) groups is 1. The van der Waals surface area contributed by atoms with Gasteiger partial charge in [0, 0.05) is 38.7 Å². The molecule has 1 atom stereocenters. The summed E-state index contributed by atoms with van der Waals surface area (Å²) in [6, 6.07) is 18.3. The van der Waals surface area contributed by atoms with Crippen molar-refractivity contribution in [2.75, 3.05) is 24.5 Å². The van der Waals surface area contributed by atoms with E-state index in [1.807, 2.05) is 30.3 Å². The minimum atomic E-state index is -0.241. The number of nitrogens with one attached hydrogen (secondary N) is 1. The van der Waals surface area contributed by atoms with Crippen LogP contribution >= 0.6 is 0 Å². The first kappa shape index (κ1) is 18.2. The molecule has 1 aliphatic rings. The lowest BCUT2D eigenvalue weighted by Gasteiger charge is -2.20. The third kappa shape index (κ3) is 4.06.